The van der Waals surface area contributed by atoms with Crippen LogP contribution in [0.5, 0.6) is 0 Å². The molecule has 0 rings (SSSR count). The van der Waals surface area contributed by atoms with Crippen molar-refractivity contribution in [1.82, 2.24) is 0 Å². The van der Waals surface area contributed by atoms with Gasteiger partial charge in [0.1, 0.15) is 0 Å². The second kappa shape index (κ2) is 18.1. The molecule has 0 spiro atoms. The van der Waals surface area contributed by atoms with Crippen molar-refractivity contribution in [3.05, 3.63) is 0 Å². The molecule has 6 nitrogen and oxygen atoms in total. The van der Waals surface area contributed by atoms with E-state index in [2.05, 4.69) is 20.8 Å². The Morgan fingerprint density at radius 1 is 0.923 bits per heavy atom. The van der Waals surface area contributed by atoms with Gasteiger partial charge in [0.2, 0.25) is 0 Å². The molecule has 4 N–H and O–H groups in total. The van der Waals surface area contributed by atoms with Gasteiger partial charge in [0, 0.05) is 0 Å². The van der Waals surface area contributed by atoms with Crippen LogP contribution in [0.1, 0.15) is 22.2 Å². The summed E-state index contributed by atoms with van der Waals surface area (Å²) in [6.07, 6.45) is -3.67. The molecule has 0 aliphatic heterocycles. The van der Waals surface area contributed by atoms with Gasteiger partial charge in [-0.3, -0.25) is 0 Å². The Morgan fingerprint density at radius 3 is 0.923 bits per heavy atom. The second-order valence-electron chi connectivity index (χ2n) is 2.30. The minimum Gasteiger partial charge on any atom is -1.00 e. The van der Waals surface area contributed by atoms with Crippen LogP contribution in [0.25, 0.3) is 0 Å². The molecule has 76 valence electrons. The number of carbonyl (C=O) groups is 2. The summed E-state index contributed by atoms with van der Waals surface area (Å²) in [5.74, 6) is 0.833. The molecule has 0 amide bonds. The Kier molecular flexibility index (Phi) is 32.2. The third-order valence-corrected chi connectivity index (χ3v) is 0. The van der Waals surface area contributed by atoms with Crippen LogP contribution in [0.3, 0.4) is 0 Å². The van der Waals surface area contributed by atoms with Crippen LogP contribution in [0.15, 0.2) is 0 Å². The first-order valence-electron chi connectivity index (χ1n) is 3.03. The summed E-state index contributed by atoms with van der Waals surface area (Å²) in [7, 11) is 0. The van der Waals surface area contributed by atoms with E-state index in [1.165, 1.54) is 0 Å². The van der Waals surface area contributed by atoms with Gasteiger partial charge < -0.3 is 21.9 Å². The summed E-state index contributed by atoms with van der Waals surface area (Å²) in [6, 6.07) is 0. The first-order valence-corrected chi connectivity index (χ1v) is 3.03. The molecule has 0 radical (unpaired) electrons. The monoisotopic (exact) mass is 222 g/mol. The number of rotatable bonds is 0. The Balaban J connectivity index is -0.0000000270. The molecule has 0 saturated carbocycles. The van der Waals surface area contributed by atoms with E-state index in [1.54, 1.807) is 0 Å². The van der Waals surface area contributed by atoms with Crippen LogP contribution in [0.2, 0.25) is 0 Å². The molecule has 7 heteroatoms. The summed E-state index contributed by atoms with van der Waals surface area (Å²) in [6.45, 7) is 6.50. The maximum absolute atomic E-state index is 8.56. The predicted molar refractivity (Wildman–Crippen MR) is 42.9 cm³/mol. The van der Waals surface area contributed by atoms with E-state index in [-0.39, 0.29) is 52.8 Å². The van der Waals surface area contributed by atoms with Gasteiger partial charge in [0.25, 0.3) is 0 Å². The van der Waals surface area contributed by atoms with E-state index in [9.17, 15) is 0 Å². The number of hydrogen-bond acceptors (Lipinski definition) is 2. The summed E-state index contributed by atoms with van der Waals surface area (Å²) in [5, 5.41) is 27.9. The molecule has 0 aliphatic carbocycles. The third-order valence-electron chi connectivity index (χ3n) is 0. The molecule has 0 fully saturated rings. The van der Waals surface area contributed by atoms with Crippen LogP contribution in [0, 0.1) is 5.92 Å². The Labute approximate surface area is 120 Å². The van der Waals surface area contributed by atoms with Crippen molar-refractivity contribution in [1.29, 1.82) is 0 Å². The SMILES string of the molecule is CC(C)C.O=C(O)O.O=C(O)O.[H-].[K+]. The zero-order valence-electron chi connectivity index (χ0n) is 9.18. The Hall–Kier alpha value is 0.176. The molecule has 0 aliphatic rings. The number of carboxylic acid groups (broad SMARTS) is 4. The summed E-state index contributed by atoms with van der Waals surface area (Å²) in [4.78, 5) is 17.1. The largest absolute Gasteiger partial charge is 1.00 e. The molecule has 0 aromatic rings. The van der Waals surface area contributed by atoms with Crippen LogP contribution in [0.4, 0.5) is 9.59 Å². The van der Waals surface area contributed by atoms with Gasteiger partial charge in [-0.05, 0) is 5.92 Å². The predicted octanol–water partition coefficient (Wildman–Crippen LogP) is -0.776. The smallest absolute Gasteiger partial charge is 1.00 e. The van der Waals surface area contributed by atoms with Crippen LogP contribution < -0.4 is 51.4 Å². The fourth-order valence-electron chi connectivity index (χ4n) is 0. The summed E-state index contributed by atoms with van der Waals surface area (Å²) in [5.41, 5.74) is 0. The molecule has 0 aromatic heterocycles. The topological polar surface area (TPSA) is 115 Å². The molecule has 13 heavy (non-hydrogen) atoms. The molecule has 0 atom stereocenters. The Bertz CT molecular complexity index is 107. The fourth-order valence-corrected chi connectivity index (χ4v) is 0. The van der Waals surface area contributed by atoms with Gasteiger partial charge in [0.15, 0.2) is 0 Å². The molecule has 0 saturated heterocycles. The van der Waals surface area contributed by atoms with Gasteiger partial charge >= 0.3 is 63.7 Å². The van der Waals surface area contributed by atoms with Crippen molar-refractivity contribution in [2.45, 2.75) is 20.8 Å². The van der Waals surface area contributed by atoms with E-state index in [4.69, 9.17) is 30.0 Å². The maximum atomic E-state index is 8.56. The van der Waals surface area contributed by atoms with E-state index >= 15 is 0 Å². The van der Waals surface area contributed by atoms with Crippen LogP contribution in [-0.4, -0.2) is 32.7 Å². The molecule has 0 bridgehead atoms. The van der Waals surface area contributed by atoms with Crippen molar-refractivity contribution < 1.29 is 82.8 Å². The first kappa shape index (κ1) is 23.2. The van der Waals surface area contributed by atoms with Gasteiger partial charge in [-0.1, -0.05) is 20.8 Å². The van der Waals surface area contributed by atoms with Gasteiger partial charge in [-0.25, -0.2) is 9.59 Å². The van der Waals surface area contributed by atoms with E-state index < -0.39 is 12.3 Å². The van der Waals surface area contributed by atoms with Crippen molar-refractivity contribution in [2.24, 2.45) is 5.92 Å². The maximum Gasteiger partial charge on any atom is 1.00 e. The third kappa shape index (κ3) is 40500. The van der Waals surface area contributed by atoms with Crippen LogP contribution >= 0.6 is 0 Å². The minimum atomic E-state index is -1.83. The van der Waals surface area contributed by atoms with Crippen molar-refractivity contribution in [3.63, 3.8) is 0 Å². The quantitative estimate of drug-likeness (QED) is 0.400. The molecule has 0 aromatic carbocycles. The molecular weight excluding hydrogens is 207 g/mol. The first-order chi connectivity index (χ1) is 5.20. The average molecular weight is 222 g/mol. The van der Waals surface area contributed by atoms with E-state index in [0.29, 0.717) is 0 Å². The molecule has 0 unspecified atom stereocenters. The average Bonchev–Trinajstić information content (AvgIpc) is 1.54. The van der Waals surface area contributed by atoms with Crippen LogP contribution in [-0.2, 0) is 0 Å². The van der Waals surface area contributed by atoms with Crippen molar-refractivity contribution in [3.8, 4) is 0 Å². The van der Waals surface area contributed by atoms with Crippen molar-refractivity contribution in [2.75, 3.05) is 0 Å². The van der Waals surface area contributed by atoms with Gasteiger partial charge in [-0.2, -0.15) is 0 Å². The standard InChI is InChI=1S/C4H10.2CH2O3.K.H/c1-4(2)3;2*2-1(3)4;;/h4H,1-3H3;2*(H2,2,3,4);;/q;;;+1;-1. The molecule has 0 heterocycles. The van der Waals surface area contributed by atoms with E-state index in [0.717, 1.165) is 5.92 Å². The number of hydrogen-bond donors (Lipinski definition) is 4. The minimum absolute atomic E-state index is 0. The zero-order valence-corrected chi connectivity index (χ0v) is 11.3. The normalized spacial score (nSPS) is 6.46. The zero-order chi connectivity index (χ0) is 10.7. The second-order valence-corrected chi connectivity index (χ2v) is 2.30. The van der Waals surface area contributed by atoms with Gasteiger partial charge in [-0.15, -0.1) is 0 Å². The van der Waals surface area contributed by atoms with Crippen molar-refractivity contribution >= 4 is 12.3 Å². The van der Waals surface area contributed by atoms with E-state index in [1.807, 2.05) is 0 Å². The van der Waals surface area contributed by atoms with Gasteiger partial charge in [0.05, 0.1) is 0 Å². The summed E-state index contributed by atoms with van der Waals surface area (Å²) >= 11 is 0. The molecular formula is C6H15KO6. The fraction of sp³-hybridized carbons (Fsp3) is 0.667. The summed E-state index contributed by atoms with van der Waals surface area (Å²) < 4.78 is 0. The Morgan fingerprint density at radius 2 is 0.923 bits per heavy atom.